The first kappa shape index (κ1) is 14.4. The monoisotopic (exact) mass is 268 g/mol. The zero-order valence-electron chi connectivity index (χ0n) is 11.9. The number of ether oxygens (including phenoxy) is 1. The molecule has 104 valence electrons. The Bertz CT molecular complexity index is 571. The van der Waals surface area contributed by atoms with E-state index < -0.39 is 6.10 Å². The van der Waals surface area contributed by atoms with E-state index in [1.54, 1.807) is 6.92 Å². The number of hydrogen-bond acceptors (Lipinski definition) is 2. The van der Waals surface area contributed by atoms with E-state index in [0.717, 1.165) is 22.4 Å². The van der Waals surface area contributed by atoms with E-state index in [0.29, 0.717) is 6.61 Å². The van der Waals surface area contributed by atoms with Gasteiger partial charge in [-0.25, -0.2) is 0 Å². The van der Waals surface area contributed by atoms with Crippen LogP contribution in [0.25, 0.3) is 6.08 Å². The van der Waals surface area contributed by atoms with Gasteiger partial charge in [-0.3, -0.25) is 0 Å². The lowest BCUT2D eigenvalue weighted by molar-refractivity contribution is 0.199. The smallest absolute Gasteiger partial charge is 0.122 e. The van der Waals surface area contributed by atoms with E-state index in [9.17, 15) is 5.11 Å². The summed E-state index contributed by atoms with van der Waals surface area (Å²) < 4.78 is 5.72. The largest absolute Gasteiger partial charge is 0.489 e. The van der Waals surface area contributed by atoms with Crippen LogP contribution in [0.15, 0.2) is 54.6 Å². The van der Waals surface area contributed by atoms with Crippen molar-refractivity contribution in [2.24, 2.45) is 0 Å². The Kier molecular flexibility index (Phi) is 4.97. The van der Waals surface area contributed by atoms with E-state index in [1.807, 2.05) is 55.5 Å². The lowest BCUT2D eigenvalue weighted by Crippen LogP contribution is -1.98. The van der Waals surface area contributed by atoms with E-state index in [2.05, 4.69) is 12.1 Å². The summed E-state index contributed by atoms with van der Waals surface area (Å²) in [5, 5.41) is 9.53. The second-order valence-electron chi connectivity index (χ2n) is 4.82. The molecule has 1 N–H and O–H groups in total. The molecular formula is C18H20O2. The molecule has 0 heterocycles. The van der Waals surface area contributed by atoms with Crippen LogP contribution >= 0.6 is 0 Å². The minimum atomic E-state index is -0.444. The number of aliphatic hydroxyl groups excluding tert-OH is 1. The Labute approximate surface area is 120 Å². The number of aliphatic hydroxyl groups is 1. The van der Waals surface area contributed by atoms with Gasteiger partial charge < -0.3 is 9.84 Å². The Hall–Kier alpha value is -2.06. The lowest BCUT2D eigenvalue weighted by Gasteiger charge is -2.10. The maximum atomic E-state index is 9.53. The molecule has 2 heteroatoms. The molecule has 2 rings (SSSR count). The first-order valence-corrected chi connectivity index (χ1v) is 6.80. The van der Waals surface area contributed by atoms with E-state index in [1.165, 1.54) is 0 Å². The second-order valence-corrected chi connectivity index (χ2v) is 4.82. The highest BCUT2D eigenvalue weighted by molar-refractivity contribution is 5.48. The van der Waals surface area contributed by atoms with Crippen LogP contribution in [-0.4, -0.2) is 11.7 Å². The summed E-state index contributed by atoms with van der Waals surface area (Å²) in [6, 6.07) is 15.9. The molecule has 0 aliphatic rings. The van der Waals surface area contributed by atoms with Crippen molar-refractivity contribution in [2.45, 2.75) is 20.0 Å². The SMILES string of the molecule is Cc1cc([C@H](C)O)ccc1OC/C=C/c1ccccc1. The van der Waals surface area contributed by atoms with Crippen molar-refractivity contribution >= 4 is 6.08 Å². The first-order chi connectivity index (χ1) is 9.66. The van der Waals surface area contributed by atoms with Crippen LogP contribution in [0.5, 0.6) is 5.75 Å². The maximum Gasteiger partial charge on any atom is 0.122 e. The van der Waals surface area contributed by atoms with Gasteiger partial charge in [-0.1, -0.05) is 42.5 Å². The van der Waals surface area contributed by atoms with Gasteiger partial charge in [0.2, 0.25) is 0 Å². The fraction of sp³-hybridized carbons (Fsp3) is 0.222. The van der Waals surface area contributed by atoms with E-state index in [-0.39, 0.29) is 0 Å². The molecular weight excluding hydrogens is 248 g/mol. The number of rotatable bonds is 5. The quantitative estimate of drug-likeness (QED) is 0.883. The van der Waals surface area contributed by atoms with Gasteiger partial charge in [0.1, 0.15) is 12.4 Å². The molecule has 0 bridgehead atoms. The van der Waals surface area contributed by atoms with Gasteiger partial charge in [0.15, 0.2) is 0 Å². The highest BCUT2D eigenvalue weighted by Crippen LogP contribution is 2.22. The van der Waals surface area contributed by atoms with Crippen molar-refractivity contribution in [3.05, 3.63) is 71.3 Å². The molecule has 0 aliphatic carbocycles. The van der Waals surface area contributed by atoms with Gasteiger partial charge in [-0.15, -0.1) is 0 Å². The van der Waals surface area contributed by atoms with Crippen LogP contribution in [0.1, 0.15) is 29.7 Å². The predicted octanol–water partition coefficient (Wildman–Crippen LogP) is 4.14. The van der Waals surface area contributed by atoms with E-state index in [4.69, 9.17) is 4.74 Å². The summed E-state index contributed by atoms with van der Waals surface area (Å²) in [5.74, 6) is 0.854. The topological polar surface area (TPSA) is 29.5 Å². The van der Waals surface area contributed by atoms with E-state index >= 15 is 0 Å². The predicted molar refractivity (Wildman–Crippen MR) is 82.8 cm³/mol. The third-order valence-corrected chi connectivity index (χ3v) is 3.13. The van der Waals surface area contributed by atoms with Crippen LogP contribution in [0, 0.1) is 6.92 Å². The maximum absolute atomic E-state index is 9.53. The van der Waals surface area contributed by atoms with Gasteiger partial charge in [-0.2, -0.15) is 0 Å². The van der Waals surface area contributed by atoms with Crippen molar-refractivity contribution in [3.8, 4) is 5.75 Å². The van der Waals surface area contributed by atoms with Crippen molar-refractivity contribution in [2.75, 3.05) is 6.61 Å². The molecule has 0 fully saturated rings. The number of aryl methyl sites for hydroxylation is 1. The normalized spacial score (nSPS) is 12.6. The van der Waals surface area contributed by atoms with Crippen molar-refractivity contribution in [3.63, 3.8) is 0 Å². The summed E-state index contributed by atoms with van der Waals surface area (Å²) in [6.45, 7) is 4.28. The minimum Gasteiger partial charge on any atom is -0.489 e. The molecule has 0 aliphatic heterocycles. The molecule has 0 amide bonds. The third-order valence-electron chi connectivity index (χ3n) is 3.13. The van der Waals surface area contributed by atoms with Gasteiger partial charge in [0.25, 0.3) is 0 Å². The van der Waals surface area contributed by atoms with Crippen LogP contribution < -0.4 is 4.74 Å². The molecule has 2 nitrogen and oxygen atoms in total. The summed E-state index contributed by atoms with van der Waals surface area (Å²) >= 11 is 0. The first-order valence-electron chi connectivity index (χ1n) is 6.80. The molecule has 2 aromatic rings. The highest BCUT2D eigenvalue weighted by atomic mass is 16.5. The van der Waals surface area contributed by atoms with Crippen molar-refractivity contribution < 1.29 is 9.84 Å². The molecule has 0 spiro atoms. The van der Waals surface area contributed by atoms with Gasteiger partial charge in [0, 0.05) is 0 Å². The summed E-state index contributed by atoms with van der Waals surface area (Å²) in [5.41, 5.74) is 3.11. The second kappa shape index (κ2) is 6.92. The fourth-order valence-electron chi connectivity index (χ4n) is 1.98. The van der Waals surface area contributed by atoms with Crippen LogP contribution in [-0.2, 0) is 0 Å². The average Bonchev–Trinajstić information content (AvgIpc) is 2.46. The van der Waals surface area contributed by atoms with Crippen molar-refractivity contribution in [1.82, 2.24) is 0 Å². The summed E-state index contributed by atoms with van der Waals surface area (Å²) in [4.78, 5) is 0. The van der Waals surface area contributed by atoms with Crippen LogP contribution in [0.4, 0.5) is 0 Å². The Balaban J connectivity index is 1.93. The van der Waals surface area contributed by atoms with Gasteiger partial charge in [0.05, 0.1) is 6.10 Å². The zero-order valence-corrected chi connectivity index (χ0v) is 11.9. The minimum absolute atomic E-state index is 0.444. The Morgan fingerprint density at radius 1 is 1.15 bits per heavy atom. The zero-order chi connectivity index (χ0) is 14.4. The number of hydrogen-bond donors (Lipinski definition) is 1. The standard InChI is InChI=1S/C18H20O2/c1-14-13-17(15(2)19)10-11-18(14)20-12-6-9-16-7-4-3-5-8-16/h3-11,13,15,19H,12H2,1-2H3/b9-6+/t15-/m0/s1. The Morgan fingerprint density at radius 3 is 2.55 bits per heavy atom. The molecule has 1 atom stereocenters. The molecule has 0 unspecified atom stereocenters. The molecule has 0 saturated carbocycles. The van der Waals surface area contributed by atoms with Crippen LogP contribution in [0.2, 0.25) is 0 Å². The summed E-state index contributed by atoms with van der Waals surface area (Å²) in [6.07, 6.45) is 3.59. The van der Waals surface area contributed by atoms with Crippen molar-refractivity contribution in [1.29, 1.82) is 0 Å². The lowest BCUT2D eigenvalue weighted by atomic mass is 10.1. The van der Waals surface area contributed by atoms with Crippen LogP contribution in [0.3, 0.4) is 0 Å². The van der Waals surface area contributed by atoms with Gasteiger partial charge >= 0.3 is 0 Å². The summed E-state index contributed by atoms with van der Waals surface area (Å²) in [7, 11) is 0. The third kappa shape index (κ3) is 3.97. The molecule has 0 radical (unpaired) electrons. The average molecular weight is 268 g/mol. The highest BCUT2D eigenvalue weighted by Gasteiger charge is 2.04. The Morgan fingerprint density at radius 2 is 1.90 bits per heavy atom. The molecule has 2 aromatic carbocycles. The number of benzene rings is 2. The molecule has 0 aromatic heterocycles. The molecule has 20 heavy (non-hydrogen) atoms. The molecule has 0 saturated heterocycles. The van der Waals surface area contributed by atoms with Gasteiger partial charge in [-0.05, 0) is 48.7 Å². The fourth-order valence-corrected chi connectivity index (χ4v) is 1.98.